The van der Waals surface area contributed by atoms with Gasteiger partial charge >= 0.3 is 5.91 Å². The van der Waals surface area contributed by atoms with Gasteiger partial charge in [0, 0.05) is 5.02 Å². The highest BCUT2D eigenvalue weighted by molar-refractivity contribution is 6.30. The van der Waals surface area contributed by atoms with E-state index in [0.29, 0.717) is 18.1 Å². The molecule has 1 saturated heterocycles. The van der Waals surface area contributed by atoms with Crippen LogP contribution in [0.3, 0.4) is 0 Å². The number of nitrogens with zero attached hydrogens (tertiary/aromatic N) is 2. The Labute approximate surface area is 150 Å². The lowest BCUT2D eigenvalue weighted by atomic mass is 9.80. The molecule has 3 N–H and O–H groups in total. The minimum atomic E-state index is -1.42. The van der Waals surface area contributed by atoms with Crippen molar-refractivity contribution in [2.24, 2.45) is 16.6 Å². The van der Waals surface area contributed by atoms with Crippen molar-refractivity contribution in [3.8, 4) is 12.1 Å². The Bertz CT molecular complexity index is 873. The van der Waals surface area contributed by atoms with Crippen molar-refractivity contribution in [3.05, 3.63) is 34.9 Å². The standard InChI is InChI=1S/C18H17ClN4O2/c1-3-15(12-4-6-13(19)7-5-12)16(9-20)14(22)23-18(17(15,16)10-21)24-8-11(2)25-18/h4-7,11H,3,8H2,1-2H3,(H2,22,23)/p+1/t11-,15-,16-,17+,18+/m0/s1. The maximum atomic E-state index is 10.3. The van der Waals surface area contributed by atoms with Gasteiger partial charge in [-0.2, -0.15) is 10.5 Å². The van der Waals surface area contributed by atoms with Crippen molar-refractivity contribution >= 4 is 17.4 Å². The number of hydrogen-bond donors (Lipinski definition) is 2. The summed E-state index contributed by atoms with van der Waals surface area (Å²) < 4.78 is 12.0. The zero-order chi connectivity index (χ0) is 18.1. The Morgan fingerprint density at radius 1 is 1.32 bits per heavy atom. The fourth-order valence-electron chi connectivity index (χ4n) is 5.19. The smallest absolute Gasteiger partial charge is 0.311 e. The Morgan fingerprint density at radius 2 is 2.00 bits per heavy atom. The predicted molar refractivity (Wildman–Crippen MR) is 88.9 cm³/mol. The first-order valence-corrected chi connectivity index (χ1v) is 8.60. The van der Waals surface area contributed by atoms with Crippen molar-refractivity contribution < 1.29 is 14.5 Å². The summed E-state index contributed by atoms with van der Waals surface area (Å²) in [6, 6.07) is 11.9. The first kappa shape index (κ1) is 16.4. The number of benzene rings is 1. The Balaban J connectivity index is 2.02. The molecule has 0 aromatic heterocycles. The second-order valence-corrected chi connectivity index (χ2v) is 7.32. The molecule has 1 aromatic rings. The molecule has 1 spiro atoms. The number of fused-ring (bicyclic) bond motifs is 2. The molecule has 2 heterocycles. The van der Waals surface area contributed by atoms with Crippen LogP contribution in [0.15, 0.2) is 24.3 Å². The number of nitriles is 2. The first-order valence-electron chi connectivity index (χ1n) is 8.23. The Hall–Kier alpha value is -2.12. The zero-order valence-electron chi connectivity index (χ0n) is 14.0. The summed E-state index contributed by atoms with van der Waals surface area (Å²) in [5.74, 6) is -1.20. The van der Waals surface area contributed by atoms with Crippen LogP contribution < -0.4 is 10.7 Å². The lowest BCUT2D eigenvalue weighted by Crippen LogP contribution is -2.90. The lowest BCUT2D eigenvalue weighted by molar-refractivity contribution is -0.679. The third kappa shape index (κ3) is 1.39. The van der Waals surface area contributed by atoms with Crippen LogP contribution in [0, 0.1) is 33.5 Å². The van der Waals surface area contributed by atoms with E-state index in [1.807, 2.05) is 26.0 Å². The average Bonchev–Trinajstić information content (AvgIpc) is 2.86. The van der Waals surface area contributed by atoms with Crippen LogP contribution in [0.4, 0.5) is 0 Å². The molecule has 0 unspecified atom stereocenters. The van der Waals surface area contributed by atoms with Crippen LogP contribution in [0.5, 0.6) is 0 Å². The molecule has 1 aliphatic carbocycles. The van der Waals surface area contributed by atoms with Gasteiger partial charge in [0.25, 0.3) is 5.84 Å². The Morgan fingerprint density at radius 3 is 2.48 bits per heavy atom. The summed E-state index contributed by atoms with van der Waals surface area (Å²) >= 11 is 6.03. The van der Waals surface area contributed by atoms with E-state index in [1.165, 1.54) is 0 Å². The predicted octanol–water partition coefficient (Wildman–Crippen LogP) is 0.562. The van der Waals surface area contributed by atoms with Gasteiger partial charge in [0.2, 0.25) is 0 Å². The van der Waals surface area contributed by atoms with E-state index >= 15 is 0 Å². The monoisotopic (exact) mass is 357 g/mol. The highest BCUT2D eigenvalue weighted by atomic mass is 35.5. The van der Waals surface area contributed by atoms with Crippen LogP contribution in [0.1, 0.15) is 25.8 Å². The molecule has 2 fully saturated rings. The van der Waals surface area contributed by atoms with Gasteiger partial charge in [-0.3, -0.25) is 5.73 Å². The van der Waals surface area contributed by atoms with Crippen molar-refractivity contribution in [3.63, 3.8) is 0 Å². The van der Waals surface area contributed by atoms with E-state index in [9.17, 15) is 10.5 Å². The summed E-state index contributed by atoms with van der Waals surface area (Å²) in [7, 11) is 0. The molecule has 0 radical (unpaired) electrons. The molecule has 25 heavy (non-hydrogen) atoms. The quantitative estimate of drug-likeness (QED) is 0.804. The van der Waals surface area contributed by atoms with Gasteiger partial charge in [-0.05, 0) is 31.0 Å². The average molecular weight is 358 g/mol. The molecule has 128 valence electrons. The van der Waals surface area contributed by atoms with Crippen molar-refractivity contribution in [2.75, 3.05) is 6.61 Å². The SMILES string of the molecule is CC[C@]1(c2ccc(Cl)cc2)[C@]2(C#N)C(N)=[NH+][C@@]3(OC[C@H](C)O3)[C@@]21C#N. The van der Waals surface area contributed by atoms with Gasteiger partial charge in [-0.1, -0.05) is 30.7 Å². The normalized spacial score (nSPS) is 44.0. The van der Waals surface area contributed by atoms with Gasteiger partial charge in [-0.15, -0.1) is 0 Å². The molecular formula is C18H18ClN4O2+. The van der Waals surface area contributed by atoms with Crippen molar-refractivity contribution in [1.29, 1.82) is 10.5 Å². The number of nitrogens with two attached hydrogens (primary N) is 1. The highest BCUT2D eigenvalue weighted by Gasteiger charge is 3.04. The summed E-state index contributed by atoms with van der Waals surface area (Å²) in [4.78, 5) is 2.99. The van der Waals surface area contributed by atoms with Crippen LogP contribution in [-0.2, 0) is 14.9 Å². The van der Waals surface area contributed by atoms with Gasteiger partial charge in [0.15, 0.2) is 10.8 Å². The number of nitrogens with one attached hydrogen (secondary N) is 1. The van der Waals surface area contributed by atoms with Crippen LogP contribution in [0.2, 0.25) is 5.02 Å². The molecule has 1 saturated carbocycles. The van der Waals surface area contributed by atoms with E-state index < -0.39 is 22.2 Å². The van der Waals surface area contributed by atoms with E-state index in [4.69, 9.17) is 26.8 Å². The molecule has 1 aromatic carbocycles. The molecule has 5 atom stereocenters. The van der Waals surface area contributed by atoms with Gasteiger partial charge in [-0.25, -0.2) is 4.99 Å². The number of halogens is 1. The zero-order valence-corrected chi connectivity index (χ0v) is 14.7. The number of rotatable bonds is 2. The van der Waals surface area contributed by atoms with Gasteiger partial charge in [0.1, 0.15) is 0 Å². The van der Waals surface area contributed by atoms with Crippen LogP contribution in [0.25, 0.3) is 0 Å². The molecule has 2 aliphatic heterocycles. The Kier molecular flexibility index (Phi) is 3.10. The van der Waals surface area contributed by atoms with E-state index in [-0.39, 0.29) is 11.9 Å². The summed E-state index contributed by atoms with van der Waals surface area (Å²) in [5, 5.41) is 21.0. The topological polar surface area (TPSA) is 106 Å². The molecular weight excluding hydrogens is 340 g/mol. The maximum Gasteiger partial charge on any atom is 0.344 e. The molecule has 6 nitrogen and oxygen atoms in total. The second kappa shape index (κ2) is 4.74. The number of ether oxygens (including phenoxy) is 2. The molecule has 4 rings (SSSR count). The minimum absolute atomic E-state index is 0.208. The molecule has 0 amide bonds. The van der Waals surface area contributed by atoms with Crippen LogP contribution >= 0.6 is 11.6 Å². The first-order chi connectivity index (χ1) is 11.9. The largest absolute Gasteiger partial charge is 0.344 e. The number of hydrogen-bond acceptors (Lipinski definition) is 5. The highest BCUT2D eigenvalue weighted by Crippen LogP contribution is 2.84. The van der Waals surface area contributed by atoms with Crippen molar-refractivity contribution in [1.82, 2.24) is 0 Å². The number of amidine groups is 1. The van der Waals surface area contributed by atoms with E-state index in [2.05, 4.69) is 17.1 Å². The fourth-order valence-corrected chi connectivity index (χ4v) is 5.32. The minimum Gasteiger partial charge on any atom is -0.311 e. The third-order valence-electron chi connectivity index (χ3n) is 6.07. The van der Waals surface area contributed by atoms with E-state index in [0.717, 1.165) is 5.56 Å². The van der Waals surface area contributed by atoms with Crippen molar-refractivity contribution in [2.45, 2.75) is 37.7 Å². The summed E-state index contributed by atoms with van der Waals surface area (Å²) in [6.45, 7) is 4.14. The van der Waals surface area contributed by atoms with Gasteiger partial charge < -0.3 is 9.47 Å². The van der Waals surface area contributed by atoms with Gasteiger partial charge in [0.05, 0.1) is 30.3 Å². The molecule has 3 aliphatic rings. The summed E-state index contributed by atoms with van der Waals surface area (Å²) in [6.07, 6.45) is 0.321. The van der Waals surface area contributed by atoms with E-state index in [1.54, 1.807) is 12.1 Å². The summed E-state index contributed by atoms with van der Waals surface area (Å²) in [5.41, 5.74) is 3.77. The lowest BCUT2D eigenvalue weighted by Gasteiger charge is -2.29. The third-order valence-corrected chi connectivity index (χ3v) is 6.32. The molecule has 0 bridgehead atoms. The fraction of sp³-hybridized carbons (Fsp3) is 0.500. The second-order valence-electron chi connectivity index (χ2n) is 6.88. The van der Waals surface area contributed by atoms with Crippen LogP contribution in [-0.4, -0.2) is 24.5 Å². The molecule has 7 heteroatoms. The maximum absolute atomic E-state index is 10.3.